The number of carbonyl (C=O) groups excluding carboxylic acids is 2. The zero-order chi connectivity index (χ0) is 27.9. The molecule has 0 fully saturated rings. The molecule has 3 aromatic carbocycles. The van der Waals surface area contributed by atoms with Gasteiger partial charge in [-0.25, -0.2) is 12.8 Å². The summed E-state index contributed by atoms with van der Waals surface area (Å²) >= 11 is 0. The molecule has 0 unspecified atom stereocenters. The van der Waals surface area contributed by atoms with Gasteiger partial charge in [-0.15, -0.1) is 0 Å². The number of benzene rings is 3. The molecule has 0 heterocycles. The van der Waals surface area contributed by atoms with E-state index in [4.69, 9.17) is 0 Å². The van der Waals surface area contributed by atoms with E-state index in [0.29, 0.717) is 13.0 Å². The van der Waals surface area contributed by atoms with Crippen LogP contribution in [0.1, 0.15) is 37.0 Å². The van der Waals surface area contributed by atoms with Crippen molar-refractivity contribution in [3.05, 3.63) is 95.3 Å². The lowest BCUT2D eigenvalue weighted by Gasteiger charge is -2.33. The van der Waals surface area contributed by atoms with Gasteiger partial charge in [-0.2, -0.15) is 0 Å². The first kappa shape index (κ1) is 28.8. The predicted molar refractivity (Wildman–Crippen MR) is 147 cm³/mol. The molecular weight excluding hydrogens is 505 g/mol. The average Bonchev–Trinajstić information content (AvgIpc) is 2.88. The Bertz CT molecular complexity index is 1380. The molecule has 0 bridgehead atoms. The van der Waals surface area contributed by atoms with Gasteiger partial charge < -0.3 is 10.2 Å². The summed E-state index contributed by atoms with van der Waals surface area (Å²) in [4.78, 5) is 28.1. The monoisotopic (exact) mass is 539 g/mol. The Morgan fingerprint density at radius 2 is 1.61 bits per heavy atom. The van der Waals surface area contributed by atoms with Gasteiger partial charge in [0.25, 0.3) is 10.0 Å². The molecule has 38 heavy (non-hydrogen) atoms. The number of nitrogens with zero attached hydrogens (tertiary/aromatic N) is 2. The Hall–Kier alpha value is -3.72. The van der Waals surface area contributed by atoms with Crippen LogP contribution in [-0.4, -0.2) is 44.3 Å². The van der Waals surface area contributed by atoms with Crippen LogP contribution in [0.3, 0.4) is 0 Å². The number of hydrogen-bond acceptors (Lipinski definition) is 4. The zero-order valence-electron chi connectivity index (χ0n) is 22.1. The van der Waals surface area contributed by atoms with Crippen LogP contribution in [-0.2, 0) is 26.2 Å². The highest BCUT2D eigenvalue weighted by molar-refractivity contribution is 7.92. The fraction of sp³-hybridized carbons (Fsp3) is 0.310. The van der Waals surface area contributed by atoms with E-state index in [0.717, 1.165) is 27.1 Å². The molecule has 9 heteroatoms. The van der Waals surface area contributed by atoms with E-state index in [9.17, 15) is 22.4 Å². The summed E-state index contributed by atoms with van der Waals surface area (Å²) in [6.07, 6.45) is 0.313. The van der Waals surface area contributed by atoms with Crippen molar-refractivity contribution >= 4 is 27.5 Å². The van der Waals surface area contributed by atoms with E-state index in [1.165, 1.54) is 35.2 Å². The highest BCUT2D eigenvalue weighted by Crippen LogP contribution is 2.27. The molecule has 0 saturated carbocycles. The Labute approximate surface area is 224 Å². The second-order valence-electron chi connectivity index (χ2n) is 9.11. The molecule has 1 N–H and O–H groups in total. The minimum Gasteiger partial charge on any atom is -0.355 e. The van der Waals surface area contributed by atoms with Gasteiger partial charge in [-0.1, -0.05) is 66.6 Å². The highest BCUT2D eigenvalue weighted by atomic mass is 32.2. The molecule has 0 aliphatic heterocycles. The number of rotatable bonds is 11. The number of likely N-dealkylation sites (N-methyl/N-ethyl adjacent to an activating group) is 1. The van der Waals surface area contributed by atoms with E-state index < -0.39 is 34.3 Å². The molecule has 0 saturated heterocycles. The standard InChI is InChI=1S/C29H34FN3O4S/c1-5-26(29(35)31-6-2)32(19-23-11-9-10-22(4)18-23)28(34)20-33(27-13-8-7-12-25(27)30)38(36,37)24-16-14-21(3)15-17-24/h7-18,26H,5-6,19-20H2,1-4H3,(H,31,35)/t26-/m1/s1. The Balaban J connectivity index is 2.07. The van der Waals surface area contributed by atoms with Crippen molar-refractivity contribution in [2.45, 2.75) is 51.6 Å². The Morgan fingerprint density at radius 3 is 2.21 bits per heavy atom. The Kier molecular flexibility index (Phi) is 9.63. The van der Waals surface area contributed by atoms with Crippen LogP contribution >= 0.6 is 0 Å². The van der Waals surface area contributed by atoms with Crippen molar-refractivity contribution < 1.29 is 22.4 Å². The molecule has 0 aliphatic rings. The van der Waals surface area contributed by atoms with Crippen molar-refractivity contribution in [2.24, 2.45) is 0 Å². The van der Waals surface area contributed by atoms with E-state index in [1.807, 2.05) is 38.1 Å². The average molecular weight is 540 g/mol. The summed E-state index contributed by atoms with van der Waals surface area (Å²) in [5.74, 6) is -1.74. The summed E-state index contributed by atoms with van der Waals surface area (Å²) in [7, 11) is -4.32. The molecule has 3 rings (SSSR count). The normalized spacial score (nSPS) is 12.0. The van der Waals surface area contributed by atoms with Crippen LogP contribution in [0.2, 0.25) is 0 Å². The maximum absolute atomic E-state index is 15.0. The lowest BCUT2D eigenvalue weighted by molar-refractivity contribution is -0.140. The van der Waals surface area contributed by atoms with Gasteiger partial charge in [0.1, 0.15) is 18.4 Å². The number of carbonyl (C=O) groups is 2. The smallest absolute Gasteiger partial charge is 0.264 e. The second-order valence-corrected chi connectivity index (χ2v) is 11.0. The first-order valence-electron chi connectivity index (χ1n) is 12.5. The quantitative estimate of drug-likeness (QED) is 0.387. The molecule has 1 atom stereocenters. The van der Waals surface area contributed by atoms with Gasteiger partial charge in [0, 0.05) is 13.1 Å². The first-order valence-corrected chi connectivity index (χ1v) is 14.0. The zero-order valence-corrected chi connectivity index (χ0v) is 23.0. The lowest BCUT2D eigenvalue weighted by atomic mass is 10.1. The summed E-state index contributed by atoms with van der Waals surface area (Å²) < 4.78 is 43.2. The van der Waals surface area contributed by atoms with Gasteiger partial charge >= 0.3 is 0 Å². The second kappa shape index (κ2) is 12.7. The van der Waals surface area contributed by atoms with Crippen LogP contribution in [0.25, 0.3) is 0 Å². The van der Waals surface area contributed by atoms with E-state index in [1.54, 1.807) is 26.0 Å². The first-order chi connectivity index (χ1) is 18.1. The van der Waals surface area contributed by atoms with Gasteiger partial charge in [-0.05, 0) is 57.0 Å². The minimum absolute atomic E-state index is 0.0693. The van der Waals surface area contributed by atoms with Gasteiger partial charge in [0.2, 0.25) is 11.8 Å². The van der Waals surface area contributed by atoms with E-state index >= 15 is 0 Å². The number of hydrogen-bond donors (Lipinski definition) is 1. The molecule has 202 valence electrons. The van der Waals surface area contributed by atoms with Crippen molar-refractivity contribution in [2.75, 3.05) is 17.4 Å². The maximum Gasteiger partial charge on any atom is 0.264 e. The maximum atomic E-state index is 15.0. The number of sulfonamides is 1. The fourth-order valence-electron chi connectivity index (χ4n) is 4.22. The summed E-state index contributed by atoms with van der Waals surface area (Å²) in [6.45, 7) is 7.10. The summed E-state index contributed by atoms with van der Waals surface area (Å²) in [5.41, 5.74) is 2.38. The third kappa shape index (κ3) is 6.77. The number of amides is 2. The van der Waals surface area contributed by atoms with Crippen molar-refractivity contribution in [1.29, 1.82) is 0 Å². The van der Waals surface area contributed by atoms with E-state index in [2.05, 4.69) is 5.32 Å². The molecule has 3 aromatic rings. The third-order valence-electron chi connectivity index (χ3n) is 6.18. The number of aryl methyl sites for hydroxylation is 2. The molecule has 0 spiro atoms. The van der Waals surface area contributed by atoms with E-state index in [-0.39, 0.29) is 23.0 Å². The number of anilines is 1. The van der Waals surface area contributed by atoms with Crippen molar-refractivity contribution in [1.82, 2.24) is 10.2 Å². The topological polar surface area (TPSA) is 86.8 Å². The number of halogens is 1. The van der Waals surface area contributed by atoms with Crippen LogP contribution < -0.4 is 9.62 Å². The lowest BCUT2D eigenvalue weighted by Crippen LogP contribution is -2.52. The van der Waals surface area contributed by atoms with Crippen LogP contribution in [0.4, 0.5) is 10.1 Å². The van der Waals surface area contributed by atoms with Crippen LogP contribution in [0, 0.1) is 19.7 Å². The molecule has 2 amide bonds. The number of nitrogens with one attached hydrogen (secondary N) is 1. The van der Waals surface area contributed by atoms with Crippen LogP contribution in [0.5, 0.6) is 0 Å². The molecule has 0 aliphatic carbocycles. The van der Waals surface area contributed by atoms with Crippen molar-refractivity contribution in [3.63, 3.8) is 0 Å². The summed E-state index contributed by atoms with van der Waals surface area (Å²) in [5, 5.41) is 2.76. The SMILES string of the molecule is CCNC(=O)[C@@H](CC)N(Cc1cccc(C)c1)C(=O)CN(c1ccccc1F)S(=O)(=O)c1ccc(C)cc1. The van der Waals surface area contributed by atoms with Gasteiger partial charge in [-0.3, -0.25) is 13.9 Å². The summed E-state index contributed by atoms with van der Waals surface area (Å²) in [6, 6.07) is 18.2. The van der Waals surface area contributed by atoms with Crippen molar-refractivity contribution in [3.8, 4) is 0 Å². The van der Waals surface area contributed by atoms with Gasteiger partial charge in [0.15, 0.2) is 0 Å². The molecule has 0 aromatic heterocycles. The van der Waals surface area contributed by atoms with Gasteiger partial charge in [0.05, 0.1) is 10.6 Å². The molecular formula is C29H34FN3O4S. The Morgan fingerprint density at radius 1 is 0.921 bits per heavy atom. The van der Waals surface area contributed by atoms with Crippen LogP contribution in [0.15, 0.2) is 77.7 Å². The fourth-order valence-corrected chi connectivity index (χ4v) is 5.65. The largest absolute Gasteiger partial charge is 0.355 e. The third-order valence-corrected chi connectivity index (χ3v) is 7.96. The highest BCUT2D eigenvalue weighted by Gasteiger charge is 2.34. The number of para-hydroxylation sites is 1. The molecule has 7 nitrogen and oxygen atoms in total. The minimum atomic E-state index is -4.32. The predicted octanol–water partition coefficient (Wildman–Crippen LogP) is 4.58. The molecule has 0 radical (unpaired) electrons.